The van der Waals surface area contributed by atoms with Crippen LogP contribution >= 0.6 is 11.3 Å². The second-order valence-electron chi connectivity index (χ2n) is 4.65. The molecular weight excluding hydrogens is 236 g/mol. The van der Waals surface area contributed by atoms with Gasteiger partial charge in [-0.3, -0.25) is 4.79 Å². The van der Waals surface area contributed by atoms with E-state index in [4.69, 9.17) is 4.74 Å². The van der Waals surface area contributed by atoms with Gasteiger partial charge in [0.05, 0.1) is 29.3 Å². The summed E-state index contributed by atoms with van der Waals surface area (Å²) < 4.78 is 5.07. The first-order valence-corrected chi connectivity index (χ1v) is 6.81. The van der Waals surface area contributed by atoms with Crippen LogP contribution in [0.1, 0.15) is 24.5 Å². The maximum absolute atomic E-state index is 11.8. The van der Waals surface area contributed by atoms with Crippen LogP contribution in [0.25, 0.3) is 0 Å². The molecule has 0 radical (unpaired) electrons. The van der Waals surface area contributed by atoms with Crippen molar-refractivity contribution >= 4 is 17.2 Å². The molecule has 0 atom stereocenters. The van der Waals surface area contributed by atoms with Crippen LogP contribution in [0.5, 0.6) is 0 Å². The summed E-state index contributed by atoms with van der Waals surface area (Å²) in [4.78, 5) is 16.3. The minimum absolute atomic E-state index is 0.0923. The molecule has 0 spiro atoms. The molecule has 2 heterocycles. The van der Waals surface area contributed by atoms with Crippen LogP contribution in [0.3, 0.4) is 0 Å². The number of carbonyl (C=O) groups is 1. The predicted octanol–water partition coefficient (Wildman–Crippen LogP) is 1.40. The molecule has 0 aliphatic carbocycles. The molecule has 1 saturated heterocycles. The molecule has 0 saturated carbocycles. The van der Waals surface area contributed by atoms with Crippen molar-refractivity contribution in [1.82, 2.24) is 10.3 Å². The van der Waals surface area contributed by atoms with Crippen LogP contribution in [-0.4, -0.2) is 30.6 Å². The van der Waals surface area contributed by atoms with Gasteiger partial charge in [0.2, 0.25) is 5.91 Å². The van der Waals surface area contributed by atoms with Crippen molar-refractivity contribution in [3.63, 3.8) is 0 Å². The van der Waals surface area contributed by atoms with Gasteiger partial charge in [-0.15, -0.1) is 11.3 Å². The normalized spacial score (nSPS) is 17.5. The topological polar surface area (TPSA) is 51.2 Å². The fraction of sp³-hybridized carbons (Fsp3) is 0.667. The van der Waals surface area contributed by atoms with Crippen LogP contribution in [0.4, 0.5) is 0 Å². The van der Waals surface area contributed by atoms with Crippen molar-refractivity contribution in [2.24, 2.45) is 5.41 Å². The highest BCUT2D eigenvalue weighted by Gasteiger charge is 2.40. The third kappa shape index (κ3) is 2.84. The molecule has 1 fully saturated rings. The second kappa shape index (κ2) is 5.14. The van der Waals surface area contributed by atoms with E-state index in [0.29, 0.717) is 19.8 Å². The predicted molar refractivity (Wildman–Crippen MR) is 67.1 cm³/mol. The number of thiazole rings is 1. The van der Waals surface area contributed by atoms with E-state index < -0.39 is 0 Å². The van der Waals surface area contributed by atoms with Crippen molar-refractivity contribution in [2.45, 2.75) is 26.7 Å². The third-order valence-electron chi connectivity index (χ3n) is 2.96. The Kier molecular flexibility index (Phi) is 3.79. The molecule has 0 unspecified atom stereocenters. The minimum Gasteiger partial charge on any atom is -0.379 e. The standard InChI is InChI=1S/C12H18N2O2S/c1-3-10-14-9(6-17-10)4-5-13-11(15)12(2)7-16-8-12/h6H,3-5,7-8H2,1-2H3,(H,13,15). The molecule has 2 rings (SSSR count). The molecule has 1 aliphatic heterocycles. The third-order valence-corrected chi connectivity index (χ3v) is 4.00. The number of nitrogens with zero attached hydrogens (tertiary/aromatic N) is 1. The molecule has 4 nitrogen and oxygen atoms in total. The van der Waals surface area contributed by atoms with Gasteiger partial charge < -0.3 is 10.1 Å². The summed E-state index contributed by atoms with van der Waals surface area (Å²) in [5.41, 5.74) is 0.763. The fourth-order valence-electron chi connectivity index (χ4n) is 1.68. The lowest BCUT2D eigenvalue weighted by atomic mass is 9.87. The number of aromatic nitrogens is 1. The average Bonchev–Trinajstić information content (AvgIpc) is 2.73. The van der Waals surface area contributed by atoms with E-state index in [1.165, 1.54) is 0 Å². The second-order valence-corrected chi connectivity index (χ2v) is 5.59. The lowest BCUT2D eigenvalue weighted by molar-refractivity contribution is -0.157. The Morgan fingerprint density at radius 1 is 1.65 bits per heavy atom. The van der Waals surface area contributed by atoms with Gasteiger partial charge in [0.25, 0.3) is 0 Å². The summed E-state index contributed by atoms with van der Waals surface area (Å²) in [6.45, 7) is 5.76. The lowest BCUT2D eigenvalue weighted by Gasteiger charge is -2.36. The van der Waals surface area contributed by atoms with Crippen LogP contribution < -0.4 is 5.32 Å². The molecule has 0 aromatic carbocycles. The number of ether oxygens (including phenoxy) is 1. The fourth-order valence-corrected chi connectivity index (χ4v) is 2.46. The monoisotopic (exact) mass is 254 g/mol. The molecule has 1 amide bonds. The summed E-state index contributed by atoms with van der Waals surface area (Å²) in [6, 6.07) is 0. The number of aryl methyl sites for hydroxylation is 1. The molecular formula is C12H18N2O2S. The van der Waals surface area contributed by atoms with Crippen molar-refractivity contribution < 1.29 is 9.53 Å². The Balaban J connectivity index is 1.74. The Bertz CT molecular complexity index is 399. The Morgan fingerprint density at radius 2 is 2.41 bits per heavy atom. The van der Waals surface area contributed by atoms with Gasteiger partial charge >= 0.3 is 0 Å². The zero-order valence-electron chi connectivity index (χ0n) is 10.3. The van der Waals surface area contributed by atoms with Crippen molar-refractivity contribution in [1.29, 1.82) is 0 Å². The number of rotatable bonds is 5. The highest BCUT2D eigenvalue weighted by atomic mass is 32.1. The molecule has 1 aromatic heterocycles. The van der Waals surface area contributed by atoms with E-state index in [-0.39, 0.29) is 11.3 Å². The van der Waals surface area contributed by atoms with E-state index in [1.807, 2.05) is 6.92 Å². The molecule has 1 N–H and O–H groups in total. The molecule has 0 bridgehead atoms. The Hall–Kier alpha value is -0.940. The zero-order valence-corrected chi connectivity index (χ0v) is 11.1. The van der Waals surface area contributed by atoms with Gasteiger partial charge in [-0.1, -0.05) is 6.92 Å². The van der Waals surface area contributed by atoms with E-state index >= 15 is 0 Å². The van der Waals surface area contributed by atoms with Crippen LogP contribution in [0, 0.1) is 5.41 Å². The summed E-state index contributed by atoms with van der Waals surface area (Å²) in [7, 11) is 0. The number of hydrogen-bond acceptors (Lipinski definition) is 4. The molecule has 1 aliphatic rings. The quantitative estimate of drug-likeness (QED) is 0.864. The smallest absolute Gasteiger partial charge is 0.230 e. The highest BCUT2D eigenvalue weighted by molar-refractivity contribution is 7.09. The van der Waals surface area contributed by atoms with Crippen LogP contribution in [-0.2, 0) is 22.4 Å². The minimum atomic E-state index is -0.309. The summed E-state index contributed by atoms with van der Waals surface area (Å²) in [6.07, 6.45) is 1.78. The Morgan fingerprint density at radius 3 is 2.94 bits per heavy atom. The molecule has 5 heteroatoms. The van der Waals surface area contributed by atoms with E-state index in [9.17, 15) is 4.79 Å². The van der Waals surface area contributed by atoms with Crippen LogP contribution in [0.2, 0.25) is 0 Å². The average molecular weight is 254 g/mol. The first-order chi connectivity index (χ1) is 8.14. The van der Waals surface area contributed by atoms with Gasteiger partial charge in [-0.25, -0.2) is 4.98 Å². The Labute approximate surface area is 105 Å². The number of nitrogens with one attached hydrogen (secondary N) is 1. The molecule has 17 heavy (non-hydrogen) atoms. The first-order valence-electron chi connectivity index (χ1n) is 5.93. The van der Waals surface area contributed by atoms with Gasteiger partial charge in [-0.2, -0.15) is 0 Å². The molecule has 94 valence electrons. The zero-order chi connectivity index (χ0) is 12.3. The van der Waals surface area contributed by atoms with Crippen LogP contribution in [0.15, 0.2) is 5.38 Å². The van der Waals surface area contributed by atoms with E-state index in [1.54, 1.807) is 11.3 Å². The van der Waals surface area contributed by atoms with E-state index in [0.717, 1.165) is 23.5 Å². The van der Waals surface area contributed by atoms with Crippen molar-refractivity contribution in [3.8, 4) is 0 Å². The molecule has 1 aromatic rings. The van der Waals surface area contributed by atoms with Gasteiger partial charge in [0, 0.05) is 18.3 Å². The largest absolute Gasteiger partial charge is 0.379 e. The number of hydrogen-bond donors (Lipinski definition) is 1. The SMILES string of the molecule is CCc1nc(CCNC(=O)C2(C)COC2)cs1. The summed E-state index contributed by atoms with van der Waals surface area (Å²) in [5.74, 6) is 0.0923. The lowest BCUT2D eigenvalue weighted by Crippen LogP contribution is -2.52. The van der Waals surface area contributed by atoms with Crippen molar-refractivity contribution in [2.75, 3.05) is 19.8 Å². The number of amides is 1. The number of carbonyl (C=O) groups excluding carboxylic acids is 1. The van der Waals surface area contributed by atoms with Crippen molar-refractivity contribution in [3.05, 3.63) is 16.1 Å². The van der Waals surface area contributed by atoms with Gasteiger partial charge in [0.1, 0.15) is 0 Å². The highest BCUT2D eigenvalue weighted by Crippen LogP contribution is 2.26. The maximum Gasteiger partial charge on any atom is 0.230 e. The summed E-state index contributed by atoms with van der Waals surface area (Å²) in [5, 5.41) is 6.17. The van der Waals surface area contributed by atoms with Gasteiger partial charge in [-0.05, 0) is 13.3 Å². The summed E-state index contributed by atoms with van der Waals surface area (Å²) >= 11 is 1.69. The van der Waals surface area contributed by atoms with Gasteiger partial charge in [0.15, 0.2) is 0 Å². The van der Waals surface area contributed by atoms with E-state index in [2.05, 4.69) is 22.6 Å². The maximum atomic E-state index is 11.8. The first kappa shape index (κ1) is 12.5.